The van der Waals surface area contributed by atoms with Gasteiger partial charge in [0.2, 0.25) is 0 Å². The maximum absolute atomic E-state index is 12.7. The number of aryl methyl sites for hydroxylation is 1. The molecule has 0 saturated carbocycles. The fraction of sp³-hybridized carbons (Fsp3) is 0.227. The van der Waals surface area contributed by atoms with E-state index in [1.54, 1.807) is 11.9 Å². The van der Waals surface area contributed by atoms with E-state index in [4.69, 9.17) is 4.74 Å². The average molecular weight is 377 g/mol. The summed E-state index contributed by atoms with van der Waals surface area (Å²) < 4.78 is 6.87. The molecule has 2 aromatic carbocycles. The van der Waals surface area contributed by atoms with Gasteiger partial charge in [-0.15, -0.1) is 0 Å². The Morgan fingerprint density at radius 3 is 2.50 bits per heavy atom. The third kappa shape index (κ3) is 4.85. The van der Waals surface area contributed by atoms with Crippen molar-refractivity contribution in [2.75, 3.05) is 13.7 Å². The van der Waals surface area contributed by atoms with Crippen LogP contribution in [0.5, 0.6) is 5.75 Å². The maximum Gasteiger partial charge on any atom is 0.274 e. The Labute approximate surface area is 164 Å². The largest absolute Gasteiger partial charge is 0.492 e. The predicted octanol–water partition coefficient (Wildman–Crippen LogP) is 2.90. The quantitative estimate of drug-likeness (QED) is 0.635. The molecule has 0 aliphatic carbocycles. The van der Waals surface area contributed by atoms with Crippen molar-refractivity contribution in [3.8, 4) is 5.75 Å². The number of hydrogen-bond acceptors (Lipinski definition) is 4. The molecule has 0 N–H and O–H groups in total. The number of ether oxygens (including phenoxy) is 1. The molecule has 1 amide bonds. The Kier molecular flexibility index (Phi) is 6.22. The summed E-state index contributed by atoms with van der Waals surface area (Å²) >= 11 is 0. The van der Waals surface area contributed by atoms with Gasteiger partial charge in [0.05, 0.1) is 6.54 Å². The van der Waals surface area contributed by atoms with Gasteiger partial charge in [-0.1, -0.05) is 42.5 Å². The van der Waals surface area contributed by atoms with Crippen LogP contribution in [0, 0.1) is 6.92 Å². The minimum absolute atomic E-state index is 0.232. The van der Waals surface area contributed by atoms with E-state index in [0.29, 0.717) is 6.54 Å². The molecule has 1 heterocycles. The lowest BCUT2D eigenvalue weighted by Crippen LogP contribution is -2.32. The van der Waals surface area contributed by atoms with Crippen molar-refractivity contribution in [3.05, 3.63) is 93.9 Å². The first-order valence-electron chi connectivity index (χ1n) is 9.10. The first kappa shape index (κ1) is 19.4. The normalized spacial score (nSPS) is 10.5. The van der Waals surface area contributed by atoms with E-state index in [9.17, 15) is 9.59 Å². The number of hydrogen-bond donors (Lipinski definition) is 0. The number of aromatic nitrogens is 2. The lowest BCUT2D eigenvalue weighted by molar-refractivity contribution is 0.0775. The Bertz CT molecular complexity index is 999. The van der Waals surface area contributed by atoms with Gasteiger partial charge < -0.3 is 9.64 Å². The summed E-state index contributed by atoms with van der Waals surface area (Å²) in [5, 5.41) is 4.22. The Morgan fingerprint density at radius 2 is 1.75 bits per heavy atom. The van der Waals surface area contributed by atoms with Crippen LogP contribution in [-0.2, 0) is 13.1 Å². The minimum Gasteiger partial charge on any atom is -0.492 e. The van der Waals surface area contributed by atoms with Crippen LogP contribution in [-0.4, -0.2) is 34.2 Å². The van der Waals surface area contributed by atoms with E-state index in [2.05, 4.69) is 5.10 Å². The molecule has 0 spiro atoms. The van der Waals surface area contributed by atoms with Gasteiger partial charge in [-0.3, -0.25) is 9.59 Å². The summed E-state index contributed by atoms with van der Waals surface area (Å²) in [6, 6.07) is 20.1. The number of amides is 1. The topological polar surface area (TPSA) is 64.4 Å². The van der Waals surface area contributed by atoms with Crippen LogP contribution in [0.15, 0.2) is 71.5 Å². The Morgan fingerprint density at radius 1 is 1.04 bits per heavy atom. The Balaban J connectivity index is 1.66. The standard InChI is InChI=1S/C22H23N3O3/c1-17-8-6-7-9-18(17)16-24(2)22(27)20-12-13-21(26)25(23-20)14-15-28-19-10-4-3-5-11-19/h3-13H,14-16H2,1-2H3. The highest BCUT2D eigenvalue weighted by Gasteiger charge is 2.15. The summed E-state index contributed by atoms with van der Waals surface area (Å²) in [4.78, 5) is 26.4. The van der Waals surface area contributed by atoms with Crippen LogP contribution in [0.3, 0.4) is 0 Å². The summed E-state index contributed by atoms with van der Waals surface area (Å²) in [5.41, 5.74) is 2.16. The molecular weight excluding hydrogens is 354 g/mol. The molecule has 0 aliphatic heterocycles. The number of rotatable bonds is 7. The second-order valence-corrected chi connectivity index (χ2v) is 6.53. The zero-order valence-corrected chi connectivity index (χ0v) is 16.0. The van der Waals surface area contributed by atoms with Crippen LogP contribution in [0.2, 0.25) is 0 Å². The summed E-state index contributed by atoms with van der Waals surface area (Å²) in [6.07, 6.45) is 0. The zero-order valence-electron chi connectivity index (χ0n) is 16.0. The first-order chi connectivity index (χ1) is 13.5. The molecule has 3 rings (SSSR count). The fourth-order valence-corrected chi connectivity index (χ4v) is 2.80. The fourth-order valence-electron chi connectivity index (χ4n) is 2.80. The molecule has 28 heavy (non-hydrogen) atoms. The summed E-state index contributed by atoms with van der Waals surface area (Å²) in [6.45, 7) is 3.03. The lowest BCUT2D eigenvalue weighted by atomic mass is 10.1. The van der Waals surface area contributed by atoms with Gasteiger partial charge in [-0.05, 0) is 36.2 Å². The first-order valence-corrected chi connectivity index (χ1v) is 9.10. The molecule has 0 bridgehead atoms. The number of carbonyl (C=O) groups excluding carboxylic acids is 1. The van der Waals surface area contributed by atoms with Crippen molar-refractivity contribution in [1.82, 2.24) is 14.7 Å². The van der Waals surface area contributed by atoms with E-state index >= 15 is 0 Å². The number of carbonyl (C=O) groups is 1. The van der Waals surface area contributed by atoms with E-state index < -0.39 is 0 Å². The zero-order chi connectivity index (χ0) is 19.9. The number of nitrogens with zero attached hydrogens (tertiary/aromatic N) is 3. The third-order valence-electron chi connectivity index (χ3n) is 4.42. The molecule has 1 aromatic heterocycles. The highest BCUT2D eigenvalue weighted by Crippen LogP contribution is 2.11. The molecule has 0 atom stereocenters. The van der Waals surface area contributed by atoms with E-state index in [0.717, 1.165) is 16.9 Å². The lowest BCUT2D eigenvalue weighted by Gasteiger charge is -2.18. The SMILES string of the molecule is Cc1ccccc1CN(C)C(=O)c1ccc(=O)n(CCOc2ccccc2)n1. The van der Waals surface area contributed by atoms with Crippen LogP contribution < -0.4 is 10.3 Å². The van der Waals surface area contributed by atoms with Gasteiger partial charge in [0, 0.05) is 19.7 Å². The Hall–Kier alpha value is -3.41. The van der Waals surface area contributed by atoms with E-state index in [1.165, 1.54) is 16.8 Å². The number of benzene rings is 2. The molecule has 144 valence electrons. The molecule has 3 aromatic rings. The smallest absolute Gasteiger partial charge is 0.274 e. The molecule has 0 saturated heterocycles. The summed E-state index contributed by atoms with van der Waals surface area (Å²) in [5.74, 6) is 0.488. The second kappa shape index (κ2) is 8.99. The van der Waals surface area contributed by atoms with Crippen LogP contribution in [0.1, 0.15) is 21.6 Å². The van der Waals surface area contributed by atoms with Crippen molar-refractivity contribution in [1.29, 1.82) is 0 Å². The van der Waals surface area contributed by atoms with E-state index in [1.807, 2.05) is 61.5 Å². The molecule has 6 nitrogen and oxygen atoms in total. The number of para-hydroxylation sites is 1. The minimum atomic E-state index is -0.269. The van der Waals surface area contributed by atoms with Crippen LogP contribution >= 0.6 is 0 Å². The third-order valence-corrected chi connectivity index (χ3v) is 4.42. The van der Waals surface area contributed by atoms with Crippen LogP contribution in [0.25, 0.3) is 0 Å². The molecule has 6 heteroatoms. The molecule has 0 aliphatic rings. The highest BCUT2D eigenvalue weighted by atomic mass is 16.5. The monoisotopic (exact) mass is 377 g/mol. The van der Waals surface area contributed by atoms with Crippen molar-refractivity contribution in [2.45, 2.75) is 20.0 Å². The second-order valence-electron chi connectivity index (χ2n) is 6.53. The summed E-state index contributed by atoms with van der Waals surface area (Å²) in [7, 11) is 1.73. The molecule has 0 radical (unpaired) electrons. The molecular formula is C22H23N3O3. The van der Waals surface area contributed by atoms with Gasteiger partial charge in [-0.25, -0.2) is 4.68 Å². The van der Waals surface area contributed by atoms with Gasteiger partial charge in [0.15, 0.2) is 0 Å². The van der Waals surface area contributed by atoms with Gasteiger partial charge in [0.1, 0.15) is 18.1 Å². The predicted molar refractivity (Wildman–Crippen MR) is 107 cm³/mol. The maximum atomic E-state index is 12.7. The average Bonchev–Trinajstić information content (AvgIpc) is 2.71. The molecule has 0 fully saturated rings. The van der Waals surface area contributed by atoms with Gasteiger partial charge in [0.25, 0.3) is 11.5 Å². The van der Waals surface area contributed by atoms with Crippen LogP contribution in [0.4, 0.5) is 0 Å². The van der Waals surface area contributed by atoms with Crippen molar-refractivity contribution < 1.29 is 9.53 Å². The van der Waals surface area contributed by atoms with Crippen molar-refractivity contribution in [2.24, 2.45) is 0 Å². The van der Waals surface area contributed by atoms with Crippen molar-refractivity contribution >= 4 is 5.91 Å². The van der Waals surface area contributed by atoms with Gasteiger partial charge >= 0.3 is 0 Å². The van der Waals surface area contributed by atoms with Crippen molar-refractivity contribution in [3.63, 3.8) is 0 Å². The van der Waals surface area contributed by atoms with E-state index in [-0.39, 0.29) is 30.3 Å². The highest BCUT2D eigenvalue weighted by molar-refractivity contribution is 5.91. The van der Waals surface area contributed by atoms with Gasteiger partial charge in [-0.2, -0.15) is 5.10 Å². The molecule has 0 unspecified atom stereocenters.